The SMILES string of the molecule is CC1=CC(C)CC(C2CNCCO2)C1. The molecule has 0 radical (unpaired) electrons. The third-order valence-electron chi connectivity index (χ3n) is 3.31. The molecule has 3 atom stereocenters. The topological polar surface area (TPSA) is 21.3 Å². The molecule has 2 heteroatoms. The van der Waals surface area contributed by atoms with Gasteiger partial charge in [-0.25, -0.2) is 0 Å². The van der Waals surface area contributed by atoms with Crippen LogP contribution in [0.5, 0.6) is 0 Å². The molecule has 1 aliphatic carbocycles. The molecule has 0 aromatic carbocycles. The Morgan fingerprint density at radius 3 is 3.00 bits per heavy atom. The fourth-order valence-corrected chi connectivity index (χ4v) is 2.77. The molecular formula is C12H21NO. The maximum Gasteiger partial charge on any atom is 0.0731 e. The summed E-state index contributed by atoms with van der Waals surface area (Å²) >= 11 is 0. The van der Waals surface area contributed by atoms with Crippen LogP contribution in [0.25, 0.3) is 0 Å². The standard InChI is InChI=1S/C12H21NO/c1-9-5-10(2)7-11(6-9)12-8-13-3-4-14-12/h5,9,11-13H,3-4,6-8H2,1-2H3. The van der Waals surface area contributed by atoms with Gasteiger partial charge in [-0.2, -0.15) is 0 Å². The molecule has 2 rings (SSSR count). The highest BCUT2D eigenvalue weighted by atomic mass is 16.5. The minimum atomic E-state index is 0.454. The molecule has 1 saturated heterocycles. The lowest BCUT2D eigenvalue weighted by molar-refractivity contribution is -0.0153. The normalized spacial score (nSPS) is 39.3. The molecule has 80 valence electrons. The van der Waals surface area contributed by atoms with Crippen molar-refractivity contribution in [2.45, 2.75) is 32.8 Å². The molecular weight excluding hydrogens is 174 g/mol. The predicted molar refractivity (Wildman–Crippen MR) is 58.3 cm³/mol. The van der Waals surface area contributed by atoms with Crippen LogP contribution in [0, 0.1) is 11.8 Å². The molecule has 0 saturated carbocycles. The Labute approximate surface area is 86.7 Å². The van der Waals surface area contributed by atoms with Crippen LogP contribution in [0.15, 0.2) is 11.6 Å². The largest absolute Gasteiger partial charge is 0.375 e. The summed E-state index contributed by atoms with van der Waals surface area (Å²) in [7, 11) is 0. The van der Waals surface area contributed by atoms with Crippen molar-refractivity contribution in [3.63, 3.8) is 0 Å². The highest BCUT2D eigenvalue weighted by Crippen LogP contribution is 2.31. The highest BCUT2D eigenvalue weighted by molar-refractivity contribution is 5.07. The first kappa shape index (κ1) is 10.2. The Morgan fingerprint density at radius 2 is 2.36 bits per heavy atom. The van der Waals surface area contributed by atoms with Crippen LogP contribution in [0.3, 0.4) is 0 Å². The Balaban J connectivity index is 1.94. The number of nitrogens with one attached hydrogen (secondary N) is 1. The zero-order valence-electron chi connectivity index (χ0n) is 9.25. The molecule has 0 spiro atoms. The first-order valence-corrected chi connectivity index (χ1v) is 5.75. The number of ether oxygens (including phenoxy) is 1. The number of allylic oxidation sites excluding steroid dienone is 2. The first-order valence-electron chi connectivity index (χ1n) is 5.75. The van der Waals surface area contributed by atoms with Gasteiger partial charge in [0.25, 0.3) is 0 Å². The average molecular weight is 195 g/mol. The van der Waals surface area contributed by atoms with Gasteiger partial charge in [-0.15, -0.1) is 0 Å². The van der Waals surface area contributed by atoms with Crippen molar-refractivity contribution in [2.24, 2.45) is 11.8 Å². The molecule has 0 aromatic heterocycles. The van der Waals surface area contributed by atoms with Crippen LogP contribution in [-0.4, -0.2) is 25.8 Å². The number of hydrogen-bond acceptors (Lipinski definition) is 2. The summed E-state index contributed by atoms with van der Waals surface area (Å²) in [5.74, 6) is 1.47. The second-order valence-corrected chi connectivity index (χ2v) is 4.80. The summed E-state index contributed by atoms with van der Waals surface area (Å²) in [6.45, 7) is 7.52. The molecule has 1 aliphatic heterocycles. The monoisotopic (exact) mass is 195 g/mol. The fourth-order valence-electron chi connectivity index (χ4n) is 2.77. The molecule has 0 aromatic rings. The van der Waals surface area contributed by atoms with Crippen molar-refractivity contribution in [3.05, 3.63) is 11.6 Å². The number of rotatable bonds is 1. The third kappa shape index (κ3) is 2.37. The van der Waals surface area contributed by atoms with E-state index < -0.39 is 0 Å². The van der Waals surface area contributed by atoms with Gasteiger partial charge in [-0.05, 0) is 31.6 Å². The molecule has 2 nitrogen and oxygen atoms in total. The Hall–Kier alpha value is -0.340. The van der Waals surface area contributed by atoms with E-state index in [-0.39, 0.29) is 0 Å². The average Bonchev–Trinajstić information content (AvgIpc) is 2.18. The second kappa shape index (κ2) is 4.45. The Bertz CT molecular complexity index is 218. The van der Waals surface area contributed by atoms with Crippen molar-refractivity contribution in [2.75, 3.05) is 19.7 Å². The van der Waals surface area contributed by atoms with Crippen molar-refractivity contribution < 1.29 is 4.74 Å². The minimum absolute atomic E-state index is 0.454. The summed E-state index contributed by atoms with van der Waals surface area (Å²) in [4.78, 5) is 0. The van der Waals surface area contributed by atoms with Gasteiger partial charge in [-0.1, -0.05) is 18.6 Å². The van der Waals surface area contributed by atoms with Gasteiger partial charge in [0.2, 0.25) is 0 Å². The number of morpholine rings is 1. The predicted octanol–water partition coefficient (Wildman–Crippen LogP) is 1.97. The Morgan fingerprint density at radius 1 is 1.50 bits per heavy atom. The molecule has 0 bridgehead atoms. The molecule has 1 heterocycles. The minimum Gasteiger partial charge on any atom is -0.375 e. The van der Waals surface area contributed by atoms with E-state index in [9.17, 15) is 0 Å². The van der Waals surface area contributed by atoms with Gasteiger partial charge in [0.05, 0.1) is 12.7 Å². The summed E-state index contributed by atoms with van der Waals surface area (Å²) in [5, 5.41) is 3.42. The van der Waals surface area contributed by atoms with Crippen molar-refractivity contribution in [3.8, 4) is 0 Å². The zero-order valence-corrected chi connectivity index (χ0v) is 9.25. The first-order chi connectivity index (χ1) is 6.75. The van der Waals surface area contributed by atoms with E-state index >= 15 is 0 Å². The molecule has 1 fully saturated rings. The lowest BCUT2D eigenvalue weighted by Crippen LogP contribution is -2.43. The fraction of sp³-hybridized carbons (Fsp3) is 0.833. The van der Waals surface area contributed by atoms with Gasteiger partial charge in [-0.3, -0.25) is 0 Å². The summed E-state index contributed by atoms with van der Waals surface area (Å²) < 4.78 is 5.82. The van der Waals surface area contributed by atoms with E-state index in [0.29, 0.717) is 6.10 Å². The van der Waals surface area contributed by atoms with Crippen molar-refractivity contribution in [1.82, 2.24) is 5.32 Å². The van der Waals surface area contributed by atoms with Crippen LogP contribution < -0.4 is 5.32 Å². The van der Waals surface area contributed by atoms with Crippen molar-refractivity contribution in [1.29, 1.82) is 0 Å². The van der Waals surface area contributed by atoms with Crippen LogP contribution in [0.4, 0.5) is 0 Å². The molecule has 0 amide bonds. The Kier molecular flexibility index (Phi) is 3.24. The van der Waals surface area contributed by atoms with Crippen LogP contribution in [-0.2, 0) is 4.74 Å². The molecule has 1 N–H and O–H groups in total. The lowest BCUT2D eigenvalue weighted by Gasteiger charge is -2.34. The highest BCUT2D eigenvalue weighted by Gasteiger charge is 2.27. The van der Waals surface area contributed by atoms with E-state index in [1.165, 1.54) is 12.8 Å². The molecule has 3 unspecified atom stereocenters. The quantitative estimate of drug-likeness (QED) is 0.646. The summed E-state index contributed by atoms with van der Waals surface area (Å²) in [6, 6.07) is 0. The molecule has 2 aliphatic rings. The van der Waals surface area contributed by atoms with E-state index in [1.807, 2.05) is 0 Å². The van der Waals surface area contributed by atoms with E-state index in [2.05, 4.69) is 25.2 Å². The summed E-state index contributed by atoms with van der Waals surface area (Å²) in [6.07, 6.45) is 5.39. The van der Waals surface area contributed by atoms with Crippen molar-refractivity contribution >= 4 is 0 Å². The van der Waals surface area contributed by atoms with Gasteiger partial charge in [0.15, 0.2) is 0 Å². The lowest BCUT2D eigenvalue weighted by atomic mass is 9.80. The van der Waals surface area contributed by atoms with E-state index in [1.54, 1.807) is 5.57 Å². The van der Waals surface area contributed by atoms with Gasteiger partial charge >= 0.3 is 0 Å². The summed E-state index contributed by atoms with van der Waals surface area (Å²) in [5.41, 5.74) is 1.54. The van der Waals surface area contributed by atoms with Gasteiger partial charge in [0, 0.05) is 13.1 Å². The van der Waals surface area contributed by atoms with Gasteiger partial charge in [0.1, 0.15) is 0 Å². The molecule has 14 heavy (non-hydrogen) atoms. The smallest absolute Gasteiger partial charge is 0.0731 e. The third-order valence-corrected chi connectivity index (χ3v) is 3.31. The van der Waals surface area contributed by atoms with Crippen LogP contribution in [0.1, 0.15) is 26.7 Å². The van der Waals surface area contributed by atoms with Crippen LogP contribution in [0.2, 0.25) is 0 Å². The zero-order chi connectivity index (χ0) is 9.97. The maximum atomic E-state index is 5.82. The van der Waals surface area contributed by atoms with E-state index in [0.717, 1.165) is 31.5 Å². The van der Waals surface area contributed by atoms with Gasteiger partial charge < -0.3 is 10.1 Å². The second-order valence-electron chi connectivity index (χ2n) is 4.80. The maximum absolute atomic E-state index is 5.82. The van der Waals surface area contributed by atoms with E-state index in [4.69, 9.17) is 4.74 Å². The van der Waals surface area contributed by atoms with Crippen LogP contribution >= 0.6 is 0 Å². The number of hydrogen-bond donors (Lipinski definition) is 1.